The lowest BCUT2D eigenvalue weighted by molar-refractivity contribution is 0.0406. The molecule has 0 aliphatic heterocycles. The van der Waals surface area contributed by atoms with Gasteiger partial charge in [-0.2, -0.15) is 0 Å². The molecule has 1 unspecified atom stereocenters. The Balaban J connectivity index is 2.35. The molecule has 0 aromatic carbocycles. The largest absolute Gasteiger partial charge is 0.467 e. The van der Waals surface area contributed by atoms with Gasteiger partial charge in [0.1, 0.15) is 12.4 Å². The predicted octanol–water partition coefficient (Wildman–Crippen LogP) is 2.31. The average Bonchev–Trinajstić information content (AvgIpc) is 2.63. The zero-order valence-electron chi connectivity index (χ0n) is 9.17. The Bertz CT molecular complexity index is 258. The van der Waals surface area contributed by atoms with Crippen LogP contribution in [-0.4, -0.2) is 13.2 Å². The van der Waals surface area contributed by atoms with Crippen LogP contribution in [0.1, 0.15) is 31.6 Å². The third kappa shape index (κ3) is 3.52. The first-order valence-corrected chi connectivity index (χ1v) is 5.08. The Labute approximate surface area is 85.4 Å². The highest BCUT2D eigenvalue weighted by atomic mass is 16.5. The van der Waals surface area contributed by atoms with Crippen LogP contribution in [0.15, 0.2) is 16.7 Å². The first kappa shape index (κ1) is 11.3. The van der Waals surface area contributed by atoms with Gasteiger partial charge in [-0.25, -0.2) is 0 Å². The highest BCUT2D eigenvalue weighted by Gasteiger charge is 2.03. The molecule has 0 bridgehead atoms. The number of furan rings is 1. The molecular formula is C11H19NO2. The molecular weight excluding hydrogens is 178 g/mol. The molecule has 80 valence electrons. The van der Waals surface area contributed by atoms with E-state index in [1.54, 1.807) is 6.26 Å². The molecule has 1 aromatic heterocycles. The van der Waals surface area contributed by atoms with Crippen molar-refractivity contribution in [1.82, 2.24) is 5.32 Å². The Hall–Kier alpha value is -0.800. The van der Waals surface area contributed by atoms with Crippen LogP contribution < -0.4 is 5.32 Å². The summed E-state index contributed by atoms with van der Waals surface area (Å²) in [6.07, 6.45) is 3.10. The average molecular weight is 197 g/mol. The molecule has 1 N–H and O–H groups in total. The van der Waals surface area contributed by atoms with Crippen LogP contribution in [-0.2, 0) is 17.9 Å². The standard InChI is InChI=1S/C11H19NO2/c1-4-9(2)13-8-11-5-10(6-12-3)7-14-11/h5,7,9,12H,4,6,8H2,1-3H3. The van der Waals surface area contributed by atoms with Crippen molar-refractivity contribution in [2.24, 2.45) is 0 Å². The fourth-order valence-electron chi connectivity index (χ4n) is 1.14. The molecule has 3 nitrogen and oxygen atoms in total. The summed E-state index contributed by atoms with van der Waals surface area (Å²) in [5.41, 5.74) is 1.16. The topological polar surface area (TPSA) is 34.4 Å². The monoisotopic (exact) mass is 197 g/mol. The fourth-order valence-corrected chi connectivity index (χ4v) is 1.14. The highest BCUT2D eigenvalue weighted by Crippen LogP contribution is 2.10. The van der Waals surface area contributed by atoms with Gasteiger partial charge in [0.15, 0.2) is 0 Å². The van der Waals surface area contributed by atoms with Crippen molar-refractivity contribution in [2.45, 2.75) is 39.5 Å². The molecule has 0 aliphatic rings. The Morgan fingerprint density at radius 1 is 1.57 bits per heavy atom. The van der Waals surface area contributed by atoms with Crippen LogP contribution in [0.4, 0.5) is 0 Å². The van der Waals surface area contributed by atoms with E-state index in [1.807, 2.05) is 13.1 Å². The molecule has 1 atom stereocenters. The van der Waals surface area contributed by atoms with Gasteiger partial charge < -0.3 is 14.5 Å². The SMILES string of the molecule is CCC(C)OCc1cc(CNC)co1. The van der Waals surface area contributed by atoms with E-state index in [4.69, 9.17) is 9.15 Å². The Kier molecular flexibility index (Phi) is 4.70. The molecule has 1 rings (SSSR count). The minimum Gasteiger partial charge on any atom is -0.467 e. The van der Waals surface area contributed by atoms with E-state index < -0.39 is 0 Å². The van der Waals surface area contributed by atoms with Gasteiger partial charge in [0.25, 0.3) is 0 Å². The summed E-state index contributed by atoms with van der Waals surface area (Å²) in [4.78, 5) is 0. The van der Waals surface area contributed by atoms with Crippen molar-refractivity contribution in [3.8, 4) is 0 Å². The van der Waals surface area contributed by atoms with E-state index in [2.05, 4.69) is 19.2 Å². The minimum atomic E-state index is 0.299. The maximum atomic E-state index is 5.55. The second kappa shape index (κ2) is 5.83. The third-order valence-corrected chi connectivity index (χ3v) is 2.17. The van der Waals surface area contributed by atoms with Gasteiger partial charge in [-0.3, -0.25) is 0 Å². The van der Waals surface area contributed by atoms with Gasteiger partial charge in [-0.15, -0.1) is 0 Å². The van der Waals surface area contributed by atoms with E-state index in [0.29, 0.717) is 12.7 Å². The van der Waals surface area contributed by atoms with Gasteiger partial charge in [0, 0.05) is 12.1 Å². The van der Waals surface area contributed by atoms with Crippen LogP contribution in [0.3, 0.4) is 0 Å². The molecule has 0 fully saturated rings. The van der Waals surface area contributed by atoms with Crippen LogP contribution in [0, 0.1) is 0 Å². The van der Waals surface area contributed by atoms with Gasteiger partial charge >= 0.3 is 0 Å². The van der Waals surface area contributed by atoms with E-state index in [-0.39, 0.29) is 0 Å². The van der Waals surface area contributed by atoms with Crippen molar-refractivity contribution in [2.75, 3.05) is 7.05 Å². The summed E-state index contributed by atoms with van der Waals surface area (Å²) in [7, 11) is 1.92. The van der Waals surface area contributed by atoms with E-state index in [1.165, 1.54) is 0 Å². The lowest BCUT2D eigenvalue weighted by atomic mass is 10.3. The fraction of sp³-hybridized carbons (Fsp3) is 0.636. The maximum absolute atomic E-state index is 5.55. The molecule has 3 heteroatoms. The van der Waals surface area contributed by atoms with Crippen LogP contribution in [0.25, 0.3) is 0 Å². The van der Waals surface area contributed by atoms with Gasteiger partial charge in [0.2, 0.25) is 0 Å². The minimum absolute atomic E-state index is 0.299. The van der Waals surface area contributed by atoms with Gasteiger partial charge in [-0.05, 0) is 26.5 Å². The second-order valence-electron chi connectivity index (χ2n) is 3.48. The number of rotatable bonds is 6. The van der Waals surface area contributed by atoms with Crippen molar-refractivity contribution in [3.63, 3.8) is 0 Å². The number of nitrogens with one attached hydrogen (secondary N) is 1. The highest BCUT2D eigenvalue weighted by molar-refractivity contribution is 5.11. The van der Waals surface area contributed by atoms with Crippen molar-refractivity contribution >= 4 is 0 Å². The zero-order valence-corrected chi connectivity index (χ0v) is 9.17. The molecule has 1 aromatic rings. The van der Waals surface area contributed by atoms with Crippen LogP contribution in [0.2, 0.25) is 0 Å². The van der Waals surface area contributed by atoms with Crippen LogP contribution >= 0.6 is 0 Å². The van der Waals surface area contributed by atoms with E-state index in [0.717, 1.165) is 24.3 Å². The third-order valence-electron chi connectivity index (χ3n) is 2.17. The zero-order chi connectivity index (χ0) is 10.4. The smallest absolute Gasteiger partial charge is 0.129 e. The number of hydrogen-bond donors (Lipinski definition) is 1. The lowest BCUT2D eigenvalue weighted by Crippen LogP contribution is -2.05. The quantitative estimate of drug-likeness (QED) is 0.760. The van der Waals surface area contributed by atoms with Crippen molar-refractivity contribution < 1.29 is 9.15 Å². The molecule has 14 heavy (non-hydrogen) atoms. The van der Waals surface area contributed by atoms with Crippen LogP contribution in [0.5, 0.6) is 0 Å². The summed E-state index contributed by atoms with van der Waals surface area (Å²) < 4.78 is 10.9. The molecule has 0 spiro atoms. The predicted molar refractivity (Wildman–Crippen MR) is 56.0 cm³/mol. The maximum Gasteiger partial charge on any atom is 0.129 e. The summed E-state index contributed by atoms with van der Waals surface area (Å²) in [5.74, 6) is 0.899. The summed E-state index contributed by atoms with van der Waals surface area (Å²) in [6, 6.07) is 2.03. The normalized spacial score (nSPS) is 13.1. The summed E-state index contributed by atoms with van der Waals surface area (Å²) >= 11 is 0. The Morgan fingerprint density at radius 2 is 2.36 bits per heavy atom. The second-order valence-corrected chi connectivity index (χ2v) is 3.48. The van der Waals surface area contributed by atoms with Gasteiger partial charge in [0.05, 0.1) is 12.4 Å². The molecule has 0 saturated heterocycles. The lowest BCUT2D eigenvalue weighted by Gasteiger charge is -2.07. The van der Waals surface area contributed by atoms with Crippen molar-refractivity contribution in [3.05, 3.63) is 23.7 Å². The summed E-state index contributed by atoms with van der Waals surface area (Å²) in [6.45, 7) is 5.59. The summed E-state index contributed by atoms with van der Waals surface area (Å²) in [5, 5.41) is 3.07. The molecule has 1 heterocycles. The molecule has 0 saturated carbocycles. The molecule has 0 aliphatic carbocycles. The number of ether oxygens (including phenoxy) is 1. The Morgan fingerprint density at radius 3 is 3.00 bits per heavy atom. The molecule has 0 amide bonds. The van der Waals surface area contributed by atoms with Gasteiger partial charge in [-0.1, -0.05) is 6.92 Å². The molecule has 0 radical (unpaired) electrons. The number of hydrogen-bond acceptors (Lipinski definition) is 3. The first-order chi connectivity index (χ1) is 6.76. The van der Waals surface area contributed by atoms with Crippen molar-refractivity contribution in [1.29, 1.82) is 0 Å². The first-order valence-electron chi connectivity index (χ1n) is 5.08. The van der Waals surface area contributed by atoms with E-state index >= 15 is 0 Å². The van der Waals surface area contributed by atoms with E-state index in [9.17, 15) is 0 Å².